The van der Waals surface area contributed by atoms with E-state index in [0.29, 0.717) is 21.9 Å². The Bertz CT molecular complexity index is 1040. The third kappa shape index (κ3) is 4.58. The Kier molecular flexibility index (Phi) is 6.10. The van der Waals surface area contributed by atoms with Gasteiger partial charge in [0, 0.05) is 16.1 Å². The number of benzene rings is 2. The molecule has 2 aromatic carbocycles. The Morgan fingerprint density at radius 2 is 1.89 bits per heavy atom. The molecule has 28 heavy (non-hydrogen) atoms. The van der Waals surface area contributed by atoms with Gasteiger partial charge in [0.25, 0.3) is 5.91 Å². The molecule has 2 N–H and O–H groups in total. The predicted octanol–water partition coefficient (Wildman–Crippen LogP) is 3.77. The molecule has 1 aromatic heterocycles. The summed E-state index contributed by atoms with van der Waals surface area (Å²) in [4.78, 5) is 26.0. The molecule has 1 heterocycles. The third-order valence-electron chi connectivity index (χ3n) is 3.90. The maximum atomic E-state index is 12.5. The molecule has 0 aliphatic heterocycles. The Labute approximate surface area is 167 Å². The van der Waals surface area contributed by atoms with Crippen molar-refractivity contribution in [3.05, 3.63) is 71.1 Å². The Morgan fingerprint density at radius 3 is 2.61 bits per heavy atom. The molecular weight excluding hydrogens is 372 g/mol. The molecule has 0 saturated carbocycles. The summed E-state index contributed by atoms with van der Waals surface area (Å²) in [5, 5.41) is 5.33. The molecule has 6 heteroatoms. The van der Waals surface area contributed by atoms with Gasteiger partial charge < -0.3 is 15.4 Å². The second-order valence-corrected chi connectivity index (χ2v) is 6.88. The fourth-order valence-electron chi connectivity index (χ4n) is 2.56. The first-order valence-electron chi connectivity index (χ1n) is 8.48. The fraction of sp³-hybridized carbons (Fsp3) is 0.0909. The zero-order chi connectivity index (χ0) is 19.9. The normalized spacial score (nSPS) is 10.0. The molecule has 3 aromatic rings. The first-order valence-corrected chi connectivity index (χ1v) is 9.30. The number of hydrogen-bond acceptors (Lipinski definition) is 4. The first kappa shape index (κ1) is 19.2. The molecule has 140 valence electrons. The number of carbonyl (C=O) groups is 2. The highest BCUT2D eigenvalue weighted by molar-refractivity contribution is 7.17. The summed E-state index contributed by atoms with van der Waals surface area (Å²) in [6.45, 7) is -0.166. The number of amides is 2. The molecule has 0 aliphatic carbocycles. The summed E-state index contributed by atoms with van der Waals surface area (Å²) in [6, 6.07) is 18.5. The molecule has 0 fully saturated rings. The summed E-state index contributed by atoms with van der Waals surface area (Å²) >= 11 is 1.31. The van der Waals surface area contributed by atoms with Crippen LogP contribution in [0.3, 0.4) is 0 Å². The highest BCUT2D eigenvalue weighted by Crippen LogP contribution is 2.36. The van der Waals surface area contributed by atoms with Crippen molar-refractivity contribution in [1.82, 2.24) is 5.32 Å². The summed E-state index contributed by atoms with van der Waals surface area (Å²) in [7, 11) is 1.51. The molecule has 5 nitrogen and oxygen atoms in total. The van der Waals surface area contributed by atoms with E-state index in [1.54, 1.807) is 24.3 Å². The van der Waals surface area contributed by atoms with Crippen molar-refractivity contribution in [3.8, 4) is 28.5 Å². The van der Waals surface area contributed by atoms with Gasteiger partial charge in [0.1, 0.15) is 10.6 Å². The number of nitrogens with one attached hydrogen (secondary N) is 2. The molecule has 3 rings (SSSR count). The highest BCUT2D eigenvalue weighted by atomic mass is 32.1. The summed E-state index contributed by atoms with van der Waals surface area (Å²) in [5.74, 6) is 2.27. The molecule has 0 spiro atoms. The first-order chi connectivity index (χ1) is 13.6. The van der Waals surface area contributed by atoms with Crippen LogP contribution in [0, 0.1) is 12.3 Å². The van der Waals surface area contributed by atoms with Crippen LogP contribution < -0.4 is 15.4 Å². The number of rotatable bonds is 6. The van der Waals surface area contributed by atoms with Crippen LogP contribution in [0.15, 0.2) is 60.7 Å². The lowest BCUT2D eigenvalue weighted by atomic mass is 10.2. The van der Waals surface area contributed by atoms with Crippen molar-refractivity contribution in [3.63, 3.8) is 0 Å². The molecule has 0 unspecified atom stereocenters. The molecule has 0 aliphatic rings. The molecular formula is C22H18N2O3S. The third-order valence-corrected chi connectivity index (χ3v) is 5.07. The monoisotopic (exact) mass is 390 g/mol. The van der Waals surface area contributed by atoms with Crippen molar-refractivity contribution in [2.45, 2.75) is 0 Å². The zero-order valence-corrected chi connectivity index (χ0v) is 16.0. The smallest absolute Gasteiger partial charge is 0.265 e. The second kappa shape index (κ2) is 8.89. The second-order valence-electron chi connectivity index (χ2n) is 5.83. The summed E-state index contributed by atoms with van der Waals surface area (Å²) in [6.07, 6.45) is 5.35. The molecule has 0 saturated heterocycles. The van der Waals surface area contributed by atoms with Crippen molar-refractivity contribution >= 4 is 28.8 Å². The number of hydrogen-bond donors (Lipinski definition) is 2. The van der Waals surface area contributed by atoms with E-state index < -0.39 is 0 Å². The van der Waals surface area contributed by atoms with Crippen LogP contribution >= 0.6 is 11.3 Å². The Hall–Kier alpha value is -3.56. The van der Waals surface area contributed by atoms with E-state index in [1.165, 1.54) is 18.4 Å². The minimum absolute atomic E-state index is 0.166. The SMILES string of the molecule is C#Cc1cccc(NC(=O)CNC(=O)c2sc(-c3ccccc3)cc2OC)c1. The van der Waals surface area contributed by atoms with Crippen LogP contribution in [-0.4, -0.2) is 25.5 Å². The van der Waals surface area contributed by atoms with Gasteiger partial charge in [-0.3, -0.25) is 9.59 Å². The molecule has 2 amide bonds. The van der Waals surface area contributed by atoms with E-state index in [-0.39, 0.29) is 18.4 Å². The van der Waals surface area contributed by atoms with E-state index in [0.717, 1.165) is 10.4 Å². The van der Waals surface area contributed by atoms with E-state index in [9.17, 15) is 9.59 Å². The number of ether oxygens (including phenoxy) is 1. The van der Waals surface area contributed by atoms with E-state index in [1.807, 2.05) is 36.4 Å². The maximum absolute atomic E-state index is 12.5. The number of carbonyl (C=O) groups excluding carboxylic acids is 2. The summed E-state index contributed by atoms with van der Waals surface area (Å²) in [5.41, 5.74) is 2.24. The maximum Gasteiger partial charge on any atom is 0.265 e. The van der Waals surface area contributed by atoms with Gasteiger partial charge in [-0.15, -0.1) is 17.8 Å². The number of methoxy groups -OCH3 is 1. The van der Waals surface area contributed by atoms with Gasteiger partial charge in [-0.25, -0.2) is 0 Å². The quantitative estimate of drug-likeness (QED) is 0.630. The lowest BCUT2D eigenvalue weighted by Crippen LogP contribution is -2.32. The van der Waals surface area contributed by atoms with Gasteiger partial charge in [0.15, 0.2) is 0 Å². The van der Waals surface area contributed by atoms with Crippen LogP contribution in [-0.2, 0) is 4.79 Å². The van der Waals surface area contributed by atoms with Crippen molar-refractivity contribution < 1.29 is 14.3 Å². The van der Waals surface area contributed by atoms with Crippen LogP contribution in [0.2, 0.25) is 0 Å². The van der Waals surface area contributed by atoms with Gasteiger partial charge in [-0.2, -0.15) is 0 Å². The minimum Gasteiger partial charge on any atom is -0.495 e. The topological polar surface area (TPSA) is 67.4 Å². The van der Waals surface area contributed by atoms with Crippen LogP contribution in [0.5, 0.6) is 5.75 Å². The Morgan fingerprint density at radius 1 is 1.11 bits per heavy atom. The van der Waals surface area contributed by atoms with Gasteiger partial charge >= 0.3 is 0 Å². The van der Waals surface area contributed by atoms with Gasteiger partial charge in [-0.1, -0.05) is 42.3 Å². The van der Waals surface area contributed by atoms with E-state index >= 15 is 0 Å². The number of thiophene rings is 1. The standard InChI is InChI=1S/C22H18N2O3S/c1-3-15-8-7-11-17(12-15)24-20(25)14-23-22(26)21-18(27-2)13-19(28-21)16-9-5-4-6-10-16/h1,4-13H,14H2,2H3,(H,23,26)(H,24,25). The average Bonchev–Trinajstić information content (AvgIpc) is 3.17. The van der Waals surface area contributed by atoms with E-state index in [2.05, 4.69) is 16.6 Å². The van der Waals surface area contributed by atoms with Gasteiger partial charge in [0.2, 0.25) is 5.91 Å². The van der Waals surface area contributed by atoms with Gasteiger partial charge in [0.05, 0.1) is 13.7 Å². The Balaban J connectivity index is 1.65. The minimum atomic E-state index is -0.364. The van der Waals surface area contributed by atoms with E-state index in [4.69, 9.17) is 11.2 Å². The number of terminal acetylenes is 1. The number of anilines is 1. The lowest BCUT2D eigenvalue weighted by molar-refractivity contribution is -0.115. The molecule has 0 radical (unpaired) electrons. The van der Waals surface area contributed by atoms with Crippen LogP contribution in [0.4, 0.5) is 5.69 Å². The van der Waals surface area contributed by atoms with Gasteiger partial charge in [-0.05, 0) is 29.8 Å². The van der Waals surface area contributed by atoms with Crippen LogP contribution in [0.1, 0.15) is 15.2 Å². The van der Waals surface area contributed by atoms with Crippen molar-refractivity contribution in [2.75, 3.05) is 19.0 Å². The molecule has 0 atom stereocenters. The zero-order valence-electron chi connectivity index (χ0n) is 15.2. The molecule has 0 bridgehead atoms. The average molecular weight is 390 g/mol. The lowest BCUT2D eigenvalue weighted by Gasteiger charge is -2.07. The fourth-order valence-corrected chi connectivity index (χ4v) is 3.61. The highest BCUT2D eigenvalue weighted by Gasteiger charge is 2.18. The predicted molar refractivity (Wildman–Crippen MR) is 112 cm³/mol. The van der Waals surface area contributed by atoms with Crippen molar-refractivity contribution in [1.29, 1.82) is 0 Å². The summed E-state index contributed by atoms with van der Waals surface area (Å²) < 4.78 is 5.33. The van der Waals surface area contributed by atoms with Crippen LogP contribution in [0.25, 0.3) is 10.4 Å². The largest absolute Gasteiger partial charge is 0.495 e. The van der Waals surface area contributed by atoms with Crippen molar-refractivity contribution in [2.24, 2.45) is 0 Å².